The van der Waals surface area contributed by atoms with Crippen molar-refractivity contribution in [3.05, 3.63) is 77.9 Å². The first-order valence-corrected chi connectivity index (χ1v) is 13.0. The molecule has 3 aromatic rings. The van der Waals surface area contributed by atoms with E-state index in [-0.39, 0.29) is 12.5 Å². The molecule has 0 spiro atoms. The summed E-state index contributed by atoms with van der Waals surface area (Å²) in [6, 6.07) is 19.3. The lowest BCUT2D eigenvalue weighted by Crippen LogP contribution is -2.32. The number of nitrogens with one attached hydrogen (secondary N) is 3. The molecule has 0 radical (unpaired) electrons. The van der Waals surface area contributed by atoms with Crippen molar-refractivity contribution in [1.82, 2.24) is 5.43 Å². The number of methoxy groups -OCH3 is 1. The number of amides is 3. The number of nitrogens with zero attached hydrogens (tertiary/aromatic N) is 1. The van der Waals surface area contributed by atoms with Crippen molar-refractivity contribution in [2.75, 3.05) is 31.0 Å². The topological polar surface area (TPSA) is 127 Å². The number of benzene rings is 3. The molecule has 3 rings (SSSR count). The highest BCUT2D eigenvalue weighted by atomic mass is 16.5. The molecule has 0 heterocycles. The average Bonchev–Trinajstić information content (AvgIpc) is 2.97. The first-order valence-electron chi connectivity index (χ1n) is 13.0. The largest absolute Gasteiger partial charge is 0.494 e. The maximum atomic E-state index is 12.3. The molecule has 210 valence electrons. The Morgan fingerprint density at radius 2 is 1.52 bits per heavy atom. The van der Waals surface area contributed by atoms with Crippen LogP contribution in [0.5, 0.6) is 17.2 Å². The summed E-state index contributed by atoms with van der Waals surface area (Å²) in [4.78, 5) is 36.6. The van der Waals surface area contributed by atoms with Gasteiger partial charge in [0.25, 0.3) is 5.91 Å². The van der Waals surface area contributed by atoms with Crippen LogP contribution in [-0.2, 0) is 20.8 Å². The van der Waals surface area contributed by atoms with Gasteiger partial charge in [-0.05, 0) is 78.6 Å². The smallest absolute Gasteiger partial charge is 0.329 e. The third kappa shape index (κ3) is 9.46. The van der Waals surface area contributed by atoms with Gasteiger partial charge in [0.05, 0.1) is 19.9 Å². The number of ether oxygens (including phenoxy) is 3. The van der Waals surface area contributed by atoms with Crippen LogP contribution in [0.2, 0.25) is 0 Å². The number of unbranched alkanes of at least 4 members (excludes halogenated alkanes) is 1. The van der Waals surface area contributed by atoms with Gasteiger partial charge in [-0.2, -0.15) is 5.10 Å². The molecule has 0 atom stereocenters. The highest BCUT2D eigenvalue weighted by Gasteiger charge is 2.13. The van der Waals surface area contributed by atoms with Crippen LogP contribution in [0.4, 0.5) is 11.4 Å². The van der Waals surface area contributed by atoms with E-state index in [4.69, 9.17) is 14.2 Å². The van der Waals surface area contributed by atoms with Crippen LogP contribution >= 0.6 is 0 Å². The van der Waals surface area contributed by atoms with Gasteiger partial charge in [-0.25, -0.2) is 5.43 Å². The predicted octanol–water partition coefficient (Wildman–Crippen LogP) is 4.54. The van der Waals surface area contributed by atoms with Crippen molar-refractivity contribution in [1.29, 1.82) is 0 Å². The van der Waals surface area contributed by atoms with E-state index in [9.17, 15) is 14.4 Å². The molecule has 0 unspecified atom stereocenters. The Morgan fingerprint density at radius 1 is 0.825 bits per heavy atom. The molecule has 10 nitrogen and oxygen atoms in total. The monoisotopic (exact) mass is 546 g/mol. The highest BCUT2D eigenvalue weighted by molar-refractivity contribution is 6.39. The second-order valence-electron chi connectivity index (χ2n) is 8.68. The third-order valence-electron chi connectivity index (χ3n) is 5.66. The summed E-state index contributed by atoms with van der Waals surface area (Å²) in [7, 11) is 1.47. The minimum Gasteiger partial charge on any atom is -0.494 e. The lowest BCUT2D eigenvalue weighted by molar-refractivity contribution is -0.136. The summed E-state index contributed by atoms with van der Waals surface area (Å²) in [5.74, 6) is -0.682. The molecule has 0 aromatic heterocycles. The molecule has 0 aliphatic rings. The van der Waals surface area contributed by atoms with Gasteiger partial charge in [-0.15, -0.1) is 0 Å². The predicted molar refractivity (Wildman–Crippen MR) is 154 cm³/mol. The summed E-state index contributed by atoms with van der Waals surface area (Å²) in [5, 5.41) is 9.12. The van der Waals surface area contributed by atoms with Gasteiger partial charge < -0.3 is 24.8 Å². The number of carbonyl (C=O) groups excluding carboxylic acids is 3. The number of hydrazone groups is 1. The highest BCUT2D eigenvalue weighted by Crippen LogP contribution is 2.27. The molecule has 3 aromatic carbocycles. The first-order chi connectivity index (χ1) is 19.4. The molecule has 40 heavy (non-hydrogen) atoms. The number of carbonyl (C=O) groups is 3. The van der Waals surface area contributed by atoms with E-state index in [1.54, 1.807) is 42.5 Å². The molecule has 3 N–H and O–H groups in total. The van der Waals surface area contributed by atoms with Crippen molar-refractivity contribution >= 4 is 35.3 Å². The number of anilines is 2. The van der Waals surface area contributed by atoms with Crippen LogP contribution in [0, 0.1) is 0 Å². The van der Waals surface area contributed by atoms with Gasteiger partial charge in [0, 0.05) is 11.4 Å². The number of rotatable bonds is 13. The summed E-state index contributed by atoms with van der Waals surface area (Å²) in [6.07, 6.45) is 4.27. The van der Waals surface area contributed by atoms with Gasteiger partial charge >= 0.3 is 11.8 Å². The zero-order chi connectivity index (χ0) is 28.7. The second kappa shape index (κ2) is 15.5. The average molecular weight is 547 g/mol. The Kier molecular flexibility index (Phi) is 11.5. The van der Waals surface area contributed by atoms with Crippen molar-refractivity contribution in [3.8, 4) is 17.2 Å². The van der Waals surface area contributed by atoms with Crippen LogP contribution in [0.3, 0.4) is 0 Å². The molecule has 0 saturated heterocycles. The van der Waals surface area contributed by atoms with Crippen molar-refractivity contribution < 1.29 is 28.6 Å². The lowest BCUT2D eigenvalue weighted by Gasteiger charge is -2.11. The van der Waals surface area contributed by atoms with E-state index in [0.29, 0.717) is 40.8 Å². The molecule has 0 saturated carbocycles. The van der Waals surface area contributed by atoms with E-state index >= 15 is 0 Å². The van der Waals surface area contributed by atoms with Crippen LogP contribution in [0.1, 0.15) is 37.8 Å². The molecular formula is C30H34N4O6. The fraction of sp³-hybridized carbons (Fsp3) is 0.267. The summed E-state index contributed by atoms with van der Waals surface area (Å²) in [6.45, 7) is 4.56. The van der Waals surface area contributed by atoms with E-state index < -0.39 is 11.8 Å². The maximum Gasteiger partial charge on any atom is 0.329 e. The Morgan fingerprint density at radius 3 is 2.20 bits per heavy atom. The minimum atomic E-state index is -0.929. The molecular weight excluding hydrogens is 512 g/mol. The van der Waals surface area contributed by atoms with Gasteiger partial charge in [-0.3, -0.25) is 14.4 Å². The second-order valence-corrected chi connectivity index (χ2v) is 8.68. The quantitative estimate of drug-likeness (QED) is 0.125. The number of hydrogen-bond donors (Lipinski definition) is 3. The fourth-order valence-electron chi connectivity index (χ4n) is 3.42. The van der Waals surface area contributed by atoms with Gasteiger partial charge in [0.2, 0.25) is 0 Å². The minimum absolute atomic E-state index is 0.209. The Hall–Kier alpha value is -4.86. The maximum absolute atomic E-state index is 12.3. The van der Waals surface area contributed by atoms with Crippen LogP contribution in [0.15, 0.2) is 71.8 Å². The summed E-state index contributed by atoms with van der Waals surface area (Å²) >= 11 is 0. The van der Waals surface area contributed by atoms with Crippen molar-refractivity contribution in [3.63, 3.8) is 0 Å². The lowest BCUT2D eigenvalue weighted by atomic mass is 10.1. The molecule has 3 amide bonds. The number of hydrogen-bond acceptors (Lipinski definition) is 7. The Labute approximate surface area is 233 Å². The Balaban J connectivity index is 1.47. The van der Waals surface area contributed by atoms with Crippen LogP contribution in [-0.4, -0.2) is 44.3 Å². The van der Waals surface area contributed by atoms with Gasteiger partial charge in [0.15, 0.2) is 18.1 Å². The zero-order valence-electron chi connectivity index (χ0n) is 22.9. The first kappa shape index (κ1) is 29.7. The SMILES string of the molecule is CCCCOc1ccc(NC(=O)C(=O)N/N=C\c2ccc(OCC(=O)Nc3ccc(CC)cc3)c(OC)c2)cc1. The third-order valence-corrected chi connectivity index (χ3v) is 5.66. The standard InChI is InChI=1S/C30H34N4O6/c1-4-6-17-39-25-14-12-24(13-15-25)33-29(36)30(37)34-31-19-22-9-16-26(27(18-22)38-3)40-20-28(35)32-23-10-7-21(5-2)8-11-23/h7-16,18-19H,4-6,17,20H2,1-3H3,(H,32,35)(H,33,36)(H,34,37)/b31-19-. The van der Waals surface area contributed by atoms with E-state index in [0.717, 1.165) is 19.3 Å². The fourth-order valence-corrected chi connectivity index (χ4v) is 3.42. The Bertz CT molecular complexity index is 1310. The molecule has 0 aliphatic carbocycles. The van der Waals surface area contributed by atoms with Crippen molar-refractivity contribution in [2.45, 2.75) is 33.1 Å². The number of aryl methyl sites for hydroxylation is 1. The normalized spacial score (nSPS) is 10.6. The van der Waals surface area contributed by atoms with Gasteiger partial charge in [0.1, 0.15) is 5.75 Å². The van der Waals surface area contributed by atoms with E-state index in [1.165, 1.54) is 18.9 Å². The van der Waals surface area contributed by atoms with E-state index in [2.05, 4.69) is 35.0 Å². The molecule has 10 heteroatoms. The molecule has 0 bridgehead atoms. The summed E-state index contributed by atoms with van der Waals surface area (Å²) < 4.78 is 16.5. The van der Waals surface area contributed by atoms with Gasteiger partial charge in [-0.1, -0.05) is 32.4 Å². The van der Waals surface area contributed by atoms with Crippen molar-refractivity contribution in [2.24, 2.45) is 5.10 Å². The molecule has 0 aliphatic heterocycles. The zero-order valence-corrected chi connectivity index (χ0v) is 22.9. The van der Waals surface area contributed by atoms with E-state index in [1.807, 2.05) is 24.3 Å². The van der Waals surface area contributed by atoms with Crippen LogP contribution < -0.4 is 30.3 Å². The molecule has 0 fully saturated rings. The summed E-state index contributed by atoms with van der Waals surface area (Å²) in [5.41, 5.74) is 5.08. The van der Waals surface area contributed by atoms with Crippen LogP contribution in [0.25, 0.3) is 0 Å².